The van der Waals surface area contributed by atoms with Gasteiger partial charge in [0.2, 0.25) is 15.9 Å². The van der Waals surface area contributed by atoms with Crippen molar-refractivity contribution in [3.05, 3.63) is 53.7 Å². The van der Waals surface area contributed by atoms with E-state index in [1.807, 2.05) is 0 Å². The summed E-state index contributed by atoms with van der Waals surface area (Å²) >= 11 is 0. The van der Waals surface area contributed by atoms with Crippen LogP contribution in [-0.4, -0.2) is 60.8 Å². The predicted octanol–water partition coefficient (Wildman–Crippen LogP) is 2.79. The number of carbonyl (C=O) groups excluding carboxylic acids is 1. The second kappa shape index (κ2) is 8.12. The van der Waals surface area contributed by atoms with E-state index < -0.39 is 28.0 Å². The molecule has 0 radical (unpaired) electrons. The number of hydrogen-bond donors (Lipinski definition) is 0. The summed E-state index contributed by atoms with van der Waals surface area (Å²) < 4.78 is 70.2. The Labute approximate surface area is 177 Å². The number of likely N-dealkylation sites (tertiary alicyclic amines) is 1. The zero-order chi connectivity index (χ0) is 22.2. The molecule has 0 saturated carbocycles. The van der Waals surface area contributed by atoms with Gasteiger partial charge in [0, 0.05) is 24.7 Å². The minimum absolute atomic E-state index is 0.145. The molecular formula is C20H20F3N3O4S. The lowest BCUT2D eigenvalue weighted by Crippen LogP contribution is -2.56. The highest BCUT2D eigenvalue weighted by Crippen LogP contribution is 2.29. The molecule has 0 atom stereocenters. The highest BCUT2D eigenvalue weighted by Gasteiger charge is 2.35. The van der Waals surface area contributed by atoms with E-state index in [0.717, 1.165) is 18.9 Å². The predicted molar refractivity (Wildman–Crippen MR) is 104 cm³/mol. The second-order valence-corrected chi connectivity index (χ2v) is 9.38. The molecular weight excluding hydrogens is 435 g/mol. The van der Waals surface area contributed by atoms with Crippen molar-refractivity contribution >= 4 is 15.9 Å². The molecule has 1 amide bonds. The largest absolute Gasteiger partial charge is 0.471 e. The number of benzene rings is 1. The molecule has 3 heterocycles. The third-order valence-electron chi connectivity index (χ3n) is 5.24. The van der Waals surface area contributed by atoms with Crippen molar-refractivity contribution in [2.45, 2.75) is 30.0 Å². The Morgan fingerprint density at radius 3 is 2.29 bits per heavy atom. The maximum Gasteiger partial charge on any atom is 0.433 e. The lowest BCUT2D eigenvalue weighted by molar-refractivity contribution is -0.141. The van der Waals surface area contributed by atoms with Crippen LogP contribution in [0.3, 0.4) is 0 Å². The molecule has 31 heavy (non-hydrogen) atoms. The number of nitrogens with zero attached hydrogens (tertiary/aromatic N) is 3. The third-order valence-corrected chi connectivity index (χ3v) is 7.15. The van der Waals surface area contributed by atoms with Gasteiger partial charge in [-0.25, -0.2) is 13.4 Å². The molecule has 2 aromatic rings. The Morgan fingerprint density at radius 2 is 1.68 bits per heavy atom. The van der Waals surface area contributed by atoms with Gasteiger partial charge in [0.25, 0.3) is 5.91 Å². The van der Waals surface area contributed by atoms with Crippen LogP contribution in [0, 0.1) is 0 Å². The third kappa shape index (κ3) is 4.52. The maximum absolute atomic E-state index is 12.7. The molecule has 11 heteroatoms. The van der Waals surface area contributed by atoms with Gasteiger partial charge in [-0.1, -0.05) is 6.07 Å². The number of halogens is 3. The summed E-state index contributed by atoms with van der Waals surface area (Å²) in [7, 11) is -3.55. The van der Waals surface area contributed by atoms with Crippen LogP contribution in [0.25, 0.3) is 0 Å². The first-order chi connectivity index (χ1) is 14.6. The highest BCUT2D eigenvalue weighted by molar-refractivity contribution is 7.89. The quantitative estimate of drug-likeness (QED) is 0.693. The van der Waals surface area contributed by atoms with Crippen LogP contribution in [-0.2, 0) is 16.2 Å². The van der Waals surface area contributed by atoms with Crippen LogP contribution in [0.15, 0.2) is 47.4 Å². The van der Waals surface area contributed by atoms with Gasteiger partial charge in [-0.05, 0) is 43.2 Å². The van der Waals surface area contributed by atoms with Crippen LogP contribution in [0.4, 0.5) is 13.2 Å². The van der Waals surface area contributed by atoms with Crippen LogP contribution in [0.1, 0.15) is 28.9 Å². The molecule has 4 rings (SSSR count). The van der Waals surface area contributed by atoms with Crippen LogP contribution >= 0.6 is 0 Å². The van der Waals surface area contributed by atoms with E-state index in [4.69, 9.17) is 4.74 Å². The molecule has 7 nitrogen and oxygen atoms in total. The van der Waals surface area contributed by atoms with Crippen molar-refractivity contribution in [3.8, 4) is 5.88 Å². The van der Waals surface area contributed by atoms with Crippen molar-refractivity contribution in [1.29, 1.82) is 0 Å². The van der Waals surface area contributed by atoms with Crippen molar-refractivity contribution in [3.63, 3.8) is 0 Å². The number of ether oxygens (including phenoxy) is 1. The van der Waals surface area contributed by atoms with Crippen molar-refractivity contribution < 1.29 is 31.1 Å². The standard InChI is InChI=1S/C20H20F3N3O4S/c21-20(22,23)17-4-3-5-18(24-17)30-15-12-25(13-15)19(27)14-6-8-16(9-7-14)31(28,29)26-10-1-2-11-26/h3-9,15H,1-2,10-13H2. The molecule has 2 fully saturated rings. The summed E-state index contributed by atoms with van der Waals surface area (Å²) in [5.41, 5.74) is -0.711. The zero-order valence-corrected chi connectivity index (χ0v) is 17.2. The van der Waals surface area contributed by atoms with Gasteiger partial charge in [-0.2, -0.15) is 17.5 Å². The molecule has 0 spiro atoms. The SMILES string of the molecule is O=C(c1ccc(S(=O)(=O)N2CCCC2)cc1)N1CC(Oc2cccc(C(F)(F)F)n2)C1. The number of alkyl halides is 3. The first-order valence-electron chi connectivity index (χ1n) is 9.75. The average Bonchev–Trinajstić information content (AvgIpc) is 3.25. The van der Waals surface area contributed by atoms with E-state index in [9.17, 15) is 26.4 Å². The maximum atomic E-state index is 12.7. The lowest BCUT2D eigenvalue weighted by Gasteiger charge is -2.38. The Morgan fingerprint density at radius 1 is 1.03 bits per heavy atom. The Hall–Kier alpha value is -2.66. The fraction of sp³-hybridized carbons (Fsp3) is 0.400. The van der Waals surface area contributed by atoms with E-state index >= 15 is 0 Å². The molecule has 1 aromatic carbocycles. The summed E-state index contributed by atoms with van der Waals surface area (Å²) in [4.78, 5) is 17.6. The molecule has 0 unspecified atom stereocenters. The average molecular weight is 455 g/mol. The Balaban J connectivity index is 1.35. The summed E-state index contributed by atoms with van der Waals surface area (Å²) in [6, 6.07) is 9.17. The second-order valence-electron chi connectivity index (χ2n) is 7.44. The Bertz CT molecular complexity index is 1060. The van der Waals surface area contributed by atoms with Crippen LogP contribution in [0.5, 0.6) is 5.88 Å². The van der Waals surface area contributed by atoms with Gasteiger partial charge in [0.15, 0.2) is 0 Å². The van der Waals surface area contributed by atoms with Gasteiger partial charge in [-0.3, -0.25) is 4.79 Å². The molecule has 0 aliphatic carbocycles. The smallest absolute Gasteiger partial charge is 0.433 e. The van der Waals surface area contributed by atoms with Gasteiger partial charge < -0.3 is 9.64 Å². The summed E-state index contributed by atoms with van der Waals surface area (Å²) in [6.07, 6.45) is -3.35. The van der Waals surface area contributed by atoms with E-state index in [0.29, 0.717) is 18.7 Å². The minimum atomic E-state index is -4.56. The molecule has 2 aliphatic rings. The van der Waals surface area contributed by atoms with E-state index in [-0.39, 0.29) is 29.8 Å². The molecule has 166 valence electrons. The summed E-state index contributed by atoms with van der Waals surface area (Å²) in [6.45, 7) is 1.40. The monoisotopic (exact) mass is 455 g/mol. The van der Waals surface area contributed by atoms with Crippen molar-refractivity contribution in [1.82, 2.24) is 14.2 Å². The molecule has 0 bridgehead atoms. The zero-order valence-electron chi connectivity index (χ0n) is 16.4. The Kier molecular flexibility index (Phi) is 5.65. The first kappa shape index (κ1) is 21.6. The minimum Gasteiger partial charge on any atom is -0.471 e. The number of amides is 1. The number of carbonyl (C=O) groups is 1. The number of sulfonamides is 1. The fourth-order valence-corrected chi connectivity index (χ4v) is 5.03. The van der Waals surface area contributed by atoms with Crippen LogP contribution in [0.2, 0.25) is 0 Å². The van der Waals surface area contributed by atoms with Gasteiger partial charge >= 0.3 is 6.18 Å². The van der Waals surface area contributed by atoms with Gasteiger partial charge in [0.05, 0.1) is 18.0 Å². The highest BCUT2D eigenvalue weighted by atomic mass is 32.2. The fourth-order valence-electron chi connectivity index (χ4n) is 3.52. The van der Waals surface area contributed by atoms with Gasteiger partial charge in [-0.15, -0.1) is 0 Å². The number of aromatic nitrogens is 1. The molecule has 2 saturated heterocycles. The first-order valence-corrected chi connectivity index (χ1v) is 11.2. The van der Waals surface area contributed by atoms with Crippen LogP contribution < -0.4 is 4.74 Å². The van der Waals surface area contributed by atoms with E-state index in [1.54, 1.807) is 0 Å². The molecule has 2 aliphatic heterocycles. The number of rotatable bonds is 5. The number of pyridine rings is 1. The topological polar surface area (TPSA) is 79.8 Å². The summed E-state index contributed by atoms with van der Waals surface area (Å²) in [5.74, 6) is -0.453. The normalized spacial score (nSPS) is 18.1. The van der Waals surface area contributed by atoms with Crippen molar-refractivity contribution in [2.24, 2.45) is 0 Å². The van der Waals surface area contributed by atoms with Crippen molar-refractivity contribution in [2.75, 3.05) is 26.2 Å². The lowest BCUT2D eigenvalue weighted by atomic mass is 10.1. The van der Waals surface area contributed by atoms with E-state index in [1.165, 1.54) is 45.6 Å². The van der Waals surface area contributed by atoms with Gasteiger partial charge in [0.1, 0.15) is 11.8 Å². The number of hydrogen-bond acceptors (Lipinski definition) is 5. The molecule has 0 N–H and O–H groups in total. The molecule has 1 aromatic heterocycles. The summed E-state index contributed by atoms with van der Waals surface area (Å²) in [5, 5.41) is 0. The van der Waals surface area contributed by atoms with E-state index in [2.05, 4.69) is 4.98 Å².